The van der Waals surface area contributed by atoms with Crippen molar-refractivity contribution in [1.29, 1.82) is 0 Å². The SMILES string of the molecule is CCC(Cl)[SiH]1CCCCO1.C[SiH]1CCCCO1. The summed E-state index contributed by atoms with van der Waals surface area (Å²) in [5.41, 5.74) is 0. The van der Waals surface area contributed by atoms with Crippen LogP contribution in [0.4, 0.5) is 0 Å². The molecule has 0 saturated carbocycles. The zero-order chi connectivity index (χ0) is 12.5. The summed E-state index contributed by atoms with van der Waals surface area (Å²) in [6.45, 7) is 6.44. The molecule has 17 heavy (non-hydrogen) atoms. The molecule has 3 unspecified atom stereocenters. The van der Waals surface area contributed by atoms with Crippen LogP contribution in [0.15, 0.2) is 0 Å². The summed E-state index contributed by atoms with van der Waals surface area (Å²) in [7, 11) is -1.55. The Morgan fingerprint density at radius 1 is 1.06 bits per heavy atom. The molecule has 102 valence electrons. The van der Waals surface area contributed by atoms with Crippen LogP contribution in [0.1, 0.15) is 39.0 Å². The van der Waals surface area contributed by atoms with Crippen LogP contribution in [0.5, 0.6) is 0 Å². The average Bonchev–Trinajstić information content (AvgIpc) is 2.40. The maximum atomic E-state index is 6.08. The minimum Gasteiger partial charge on any atom is -0.420 e. The number of hydrogen-bond acceptors (Lipinski definition) is 2. The molecule has 5 heteroatoms. The third kappa shape index (κ3) is 6.96. The normalized spacial score (nSPS) is 31.2. The first-order valence-electron chi connectivity index (χ1n) is 7.11. The molecule has 0 aromatic rings. The van der Waals surface area contributed by atoms with Crippen LogP contribution in [0, 0.1) is 0 Å². The van der Waals surface area contributed by atoms with Crippen molar-refractivity contribution in [2.45, 2.75) is 62.7 Å². The third-order valence-electron chi connectivity index (χ3n) is 3.42. The monoisotopic (exact) mass is 294 g/mol. The molecule has 2 heterocycles. The fourth-order valence-electron chi connectivity index (χ4n) is 2.22. The first-order valence-corrected chi connectivity index (χ1v) is 11.9. The first-order chi connectivity index (χ1) is 8.24. The summed E-state index contributed by atoms with van der Waals surface area (Å²) >= 11 is 6.08. The van der Waals surface area contributed by atoms with Crippen LogP contribution in [0.25, 0.3) is 0 Å². The third-order valence-corrected chi connectivity index (χ3v) is 9.51. The van der Waals surface area contributed by atoms with Crippen LogP contribution in [-0.4, -0.2) is 36.3 Å². The minimum atomic E-state index is -0.955. The Balaban J connectivity index is 0.000000181. The van der Waals surface area contributed by atoms with Gasteiger partial charge in [-0.15, -0.1) is 11.6 Å². The fraction of sp³-hybridized carbons (Fsp3) is 1.00. The van der Waals surface area contributed by atoms with Crippen LogP contribution < -0.4 is 0 Å². The average molecular weight is 295 g/mol. The molecule has 0 aliphatic carbocycles. The molecule has 0 aromatic carbocycles. The van der Waals surface area contributed by atoms with E-state index >= 15 is 0 Å². The summed E-state index contributed by atoms with van der Waals surface area (Å²) in [5, 5.41) is 0.375. The minimum absolute atomic E-state index is 0.375. The highest BCUT2D eigenvalue weighted by Crippen LogP contribution is 2.18. The second-order valence-electron chi connectivity index (χ2n) is 5.01. The van der Waals surface area contributed by atoms with Crippen LogP contribution in [-0.2, 0) is 8.85 Å². The lowest BCUT2D eigenvalue weighted by molar-refractivity contribution is 0.284. The largest absolute Gasteiger partial charge is 0.420 e. The van der Waals surface area contributed by atoms with E-state index in [-0.39, 0.29) is 0 Å². The standard InChI is InChI=1S/C7H15ClOSi.C5H12OSi/c1-2-7(8)10-6-4-3-5-9-10;1-7-5-3-2-4-6-7/h7,10H,2-6H2,1H3;7H,2-5H2,1H3. The number of rotatable bonds is 2. The zero-order valence-electron chi connectivity index (χ0n) is 11.3. The van der Waals surface area contributed by atoms with E-state index in [0.29, 0.717) is 5.00 Å². The smallest absolute Gasteiger partial charge is 0.194 e. The summed E-state index contributed by atoms with van der Waals surface area (Å²) in [6.07, 6.45) is 6.40. The molecule has 0 spiro atoms. The van der Waals surface area contributed by atoms with E-state index in [1.165, 1.54) is 37.8 Å². The van der Waals surface area contributed by atoms with Gasteiger partial charge in [0.2, 0.25) is 0 Å². The van der Waals surface area contributed by atoms with Gasteiger partial charge < -0.3 is 8.85 Å². The van der Waals surface area contributed by atoms with E-state index in [1.807, 2.05) is 0 Å². The van der Waals surface area contributed by atoms with Crippen LogP contribution in [0.3, 0.4) is 0 Å². The Morgan fingerprint density at radius 3 is 2.06 bits per heavy atom. The maximum absolute atomic E-state index is 6.08. The van der Waals surface area contributed by atoms with Crippen LogP contribution in [0.2, 0.25) is 18.6 Å². The zero-order valence-corrected chi connectivity index (χ0v) is 14.4. The maximum Gasteiger partial charge on any atom is 0.194 e. The Labute approximate surface area is 114 Å². The molecule has 0 radical (unpaired) electrons. The van der Waals surface area contributed by atoms with Crippen molar-refractivity contribution in [3.63, 3.8) is 0 Å². The van der Waals surface area contributed by atoms with Gasteiger partial charge in [0.25, 0.3) is 0 Å². The summed E-state index contributed by atoms with van der Waals surface area (Å²) < 4.78 is 11.1. The Morgan fingerprint density at radius 2 is 1.71 bits per heavy atom. The predicted octanol–water partition coefficient (Wildman–Crippen LogP) is 3.23. The quantitative estimate of drug-likeness (QED) is 0.575. The fourth-order valence-corrected chi connectivity index (χ4v) is 6.83. The van der Waals surface area contributed by atoms with Crippen molar-refractivity contribution >= 4 is 29.7 Å². The predicted molar refractivity (Wildman–Crippen MR) is 80.1 cm³/mol. The Kier molecular flexibility index (Phi) is 8.83. The van der Waals surface area contributed by atoms with Gasteiger partial charge in [-0.2, -0.15) is 0 Å². The lowest BCUT2D eigenvalue weighted by Gasteiger charge is -2.24. The van der Waals surface area contributed by atoms with E-state index in [0.717, 1.165) is 19.6 Å². The van der Waals surface area contributed by atoms with Gasteiger partial charge in [-0.05, 0) is 37.9 Å². The van der Waals surface area contributed by atoms with E-state index < -0.39 is 18.1 Å². The molecule has 2 fully saturated rings. The summed E-state index contributed by atoms with van der Waals surface area (Å²) in [4.78, 5) is 0. The van der Waals surface area contributed by atoms with Gasteiger partial charge in [0.1, 0.15) is 0 Å². The Bertz CT molecular complexity index is 183. The number of alkyl halides is 1. The number of hydrogen-bond donors (Lipinski definition) is 0. The summed E-state index contributed by atoms with van der Waals surface area (Å²) in [6, 6.07) is 2.70. The van der Waals surface area contributed by atoms with Gasteiger partial charge in [0.15, 0.2) is 18.1 Å². The van der Waals surface area contributed by atoms with Gasteiger partial charge in [-0.3, -0.25) is 0 Å². The van der Waals surface area contributed by atoms with Gasteiger partial charge in [-0.1, -0.05) is 19.8 Å². The van der Waals surface area contributed by atoms with Crippen molar-refractivity contribution in [2.24, 2.45) is 0 Å². The molecule has 0 bridgehead atoms. The van der Waals surface area contributed by atoms with E-state index in [4.69, 9.17) is 20.5 Å². The van der Waals surface area contributed by atoms with Crippen molar-refractivity contribution in [3.05, 3.63) is 0 Å². The van der Waals surface area contributed by atoms with E-state index in [9.17, 15) is 0 Å². The van der Waals surface area contributed by atoms with Crippen LogP contribution >= 0.6 is 11.6 Å². The highest BCUT2D eigenvalue weighted by atomic mass is 35.5. The molecule has 2 rings (SSSR count). The van der Waals surface area contributed by atoms with Crippen molar-refractivity contribution in [2.75, 3.05) is 13.2 Å². The second-order valence-corrected chi connectivity index (χ2v) is 11.3. The highest BCUT2D eigenvalue weighted by molar-refractivity contribution is 6.64. The first kappa shape index (κ1) is 15.7. The molecule has 2 nitrogen and oxygen atoms in total. The lowest BCUT2D eigenvalue weighted by Crippen LogP contribution is -2.32. The molecule has 0 N–H and O–H groups in total. The molecule has 3 atom stereocenters. The van der Waals surface area contributed by atoms with Crippen molar-refractivity contribution < 1.29 is 8.85 Å². The van der Waals surface area contributed by atoms with E-state index in [2.05, 4.69) is 13.5 Å². The van der Waals surface area contributed by atoms with E-state index in [1.54, 1.807) is 0 Å². The molecular weight excluding hydrogens is 268 g/mol. The molecule has 2 aliphatic heterocycles. The van der Waals surface area contributed by atoms with Gasteiger partial charge in [-0.25, -0.2) is 0 Å². The lowest BCUT2D eigenvalue weighted by atomic mass is 10.4. The second kappa shape index (κ2) is 9.56. The van der Waals surface area contributed by atoms with Gasteiger partial charge in [0.05, 0.1) is 0 Å². The van der Waals surface area contributed by atoms with Gasteiger partial charge in [0, 0.05) is 18.2 Å². The molecule has 2 saturated heterocycles. The Hall–Kier alpha value is 0.644. The number of halogens is 1. The molecule has 0 aromatic heterocycles. The highest BCUT2D eigenvalue weighted by Gasteiger charge is 2.23. The topological polar surface area (TPSA) is 18.5 Å². The molecule has 0 amide bonds. The molecule has 2 aliphatic rings. The summed E-state index contributed by atoms with van der Waals surface area (Å²) in [5.74, 6) is 0. The van der Waals surface area contributed by atoms with Crippen molar-refractivity contribution in [1.82, 2.24) is 0 Å². The van der Waals surface area contributed by atoms with Gasteiger partial charge >= 0.3 is 0 Å². The van der Waals surface area contributed by atoms with Crippen molar-refractivity contribution in [3.8, 4) is 0 Å². The molecular formula is C12H27ClO2Si2.